The van der Waals surface area contributed by atoms with Crippen LogP contribution in [0.3, 0.4) is 0 Å². The third kappa shape index (κ3) is 3.86. The number of methoxy groups -OCH3 is 1. The van der Waals surface area contributed by atoms with Crippen LogP contribution in [-0.4, -0.2) is 42.2 Å². The van der Waals surface area contributed by atoms with E-state index < -0.39 is 4.92 Å². The van der Waals surface area contributed by atoms with Gasteiger partial charge in [-0.25, -0.2) is 4.98 Å². The molecule has 1 aliphatic rings. The van der Waals surface area contributed by atoms with Gasteiger partial charge in [-0.15, -0.1) is 0 Å². The number of anilines is 1. The van der Waals surface area contributed by atoms with E-state index in [0.29, 0.717) is 35.1 Å². The van der Waals surface area contributed by atoms with E-state index >= 15 is 0 Å². The van der Waals surface area contributed by atoms with Crippen LogP contribution in [0, 0.1) is 17.0 Å². The maximum Gasteiger partial charge on any atom is 0.269 e. The zero-order valence-electron chi connectivity index (χ0n) is 16.7. The standard InChI is InChI=1S/C21H21N3O5S/c1-13-5-10-17(28-2)18-19(13)30-21(22-18)23(12-16-4-3-11-29-16)20(25)14-6-8-15(9-7-14)24(26)27/h5-10,16H,3-4,11-12H2,1-2H3. The molecule has 1 aromatic heterocycles. The van der Waals surface area contributed by atoms with Crippen molar-refractivity contribution in [3.63, 3.8) is 0 Å². The van der Waals surface area contributed by atoms with Gasteiger partial charge >= 0.3 is 0 Å². The normalized spacial score (nSPS) is 16.0. The molecule has 0 saturated carbocycles. The molecular weight excluding hydrogens is 406 g/mol. The maximum atomic E-state index is 13.4. The Morgan fingerprint density at radius 2 is 2.10 bits per heavy atom. The van der Waals surface area contributed by atoms with Crippen LogP contribution in [0.15, 0.2) is 36.4 Å². The van der Waals surface area contributed by atoms with E-state index in [1.54, 1.807) is 12.0 Å². The summed E-state index contributed by atoms with van der Waals surface area (Å²) in [6.45, 7) is 3.04. The Labute approximate surface area is 177 Å². The van der Waals surface area contributed by atoms with E-state index in [1.807, 2.05) is 19.1 Å². The lowest BCUT2D eigenvalue weighted by molar-refractivity contribution is -0.384. The highest BCUT2D eigenvalue weighted by Crippen LogP contribution is 2.37. The number of hydrogen-bond donors (Lipinski definition) is 0. The number of amides is 1. The Kier molecular flexibility index (Phi) is 5.65. The fourth-order valence-corrected chi connectivity index (χ4v) is 4.56. The van der Waals surface area contributed by atoms with Crippen LogP contribution in [0.5, 0.6) is 5.75 Å². The molecule has 30 heavy (non-hydrogen) atoms. The number of carbonyl (C=O) groups is 1. The van der Waals surface area contributed by atoms with E-state index in [0.717, 1.165) is 23.1 Å². The van der Waals surface area contributed by atoms with E-state index in [9.17, 15) is 14.9 Å². The van der Waals surface area contributed by atoms with E-state index in [4.69, 9.17) is 14.5 Å². The Hall–Kier alpha value is -3.04. The lowest BCUT2D eigenvalue weighted by Crippen LogP contribution is -2.37. The highest BCUT2D eigenvalue weighted by molar-refractivity contribution is 7.22. The molecule has 1 fully saturated rings. The largest absolute Gasteiger partial charge is 0.494 e. The molecule has 9 heteroatoms. The molecule has 2 heterocycles. The second-order valence-corrected chi connectivity index (χ2v) is 8.09. The second-order valence-electron chi connectivity index (χ2n) is 7.11. The predicted octanol–water partition coefficient (Wildman–Crippen LogP) is 4.35. The van der Waals surface area contributed by atoms with Gasteiger partial charge in [-0.3, -0.25) is 19.8 Å². The lowest BCUT2D eigenvalue weighted by atomic mass is 10.1. The summed E-state index contributed by atoms with van der Waals surface area (Å²) in [6, 6.07) is 9.45. The minimum atomic E-state index is -0.485. The van der Waals surface area contributed by atoms with E-state index in [2.05, 4.69) is 0 Å². The zero-order chi connectivity index (χ0) is 21.3. The fourth-order valence-electron chi connectivity index (χ4n) is 3.50. The van der Waals surface area contributed by atoms with Crippen molar-refractivity contribution in [1.29, 1.82) is 0 Å². The minimum Gasteiger partial charge on any atom is -0.494 e. The molecular formula is C21H21N3O5S. The van der Waals surface area contributed by atoms with Crippen molar-refractivity contribution < 1.29 is 19.2 Å². The van der Waals surface area contributed by atoms with Crippen LogP contribution in [0.4, 0.5) is 10.8 Å². The van der Waals surface area contributed by atoms with Crippen LogP contribution in [0.2, 0.25) is 0 Å². The first-order valence-electron chi connectivity index (χ1n) is 9.60. The first-order chi connectivity index (χ1) is 14.5. The van der Waals surface area contributed by atoms with Crippen LogP contribution in [0.1, 0.15) is 28.8 Å². The van der Waals surface area contributed by atoms with Gasteiger partial charge in [-0.2, -0.15) is 0 Å². The molecule has 0 aliphatic carbocycles. The van der Waals surface area contributed by atoms with Crippen molar-refractivity contribution in [3.8, 4) is 5.75 Å². The van der Waals surface area contributed by atoms with Gasteiger partial charge in [0, 0.05) is 24.3 Å². The molecule has 3 aromatic rings. The van der Waals surface area contributed by atoms with Crippen molar-refractivity contribution >= 4 is 38.3 Å². The number of thiazole rings is 1. The Morgan fingerprint density at radius 3 is 2.73 bits per heavy atom. The topological polar surface area (TPSA) is 94.8 Å². The molecule has 1 saturated heterocycles. The molecule has 156 valence electrons. The molecule has 4 rings (SSSR count). The van der Waals surface area contributed by atoms with Gasteiger partial charge in [0.15, 0.2) is 5.13 Å². The number of non-ortho nitro benzene ring substituents is 1. The lowest BCUT2D eigenvalue weighted by Gasteiger charge is -2.23. The van der Waals surface area contributed by atoms with Gasteiger partial charge in [0.05, 0.1) is 29.4 Å². The van der Waals surface area contributed by atoms with Crippen molar-refractivity contribution in [3.05, 3.63) is 57.6 Å². The summed E-state index contributed by atoms with van der Waals surface area (Å²) in [6.07, 6.45) is 1.76. The molecule has 0 bridgehead atoms. The number of carbonyl (C=O) groups excluding carboxylic acids is 1. The average molecular weight is 427 g/mol. The van der Waals surface area contributed by atoms with Gasteiger partial charge in [0.25, 0.3) is 11.6 Å². The van der Waals surface area contributed by atoms with Gasteiger partial charge in [0.1, 0.15) is 11.3 Å². The Morgan fingerprint density at radius 1 is 1.33 bits per heavy atom. The smallest absolute Gasteiger partial charge is 0.269 e. The molecule has 0 spiro atoms. The second kappa shape index (κ2) is 8.37. The number of nitro groups is 1. The predicted molar refractivity (Wildman–Crippen MR) is 115 cm³/mol. The van der Waals surface area contributed by atoms with Crippen molar-refractivity contribution in [2.45, 2.75) is 25.9 Å². The number of rotatable bonds is 6. The number of nitro benzene ring substituents is 1. The van der Waals surface area contributed by atoms with E-state index in [-0.39, 0.29) is 17.7 Å². The summed E-state index contributed by atoms with van der Waals surface area (Å²) in [5.41, 5.74) is 2.07. The average Bonchev–Trinajstić information content (AvgIpc) is 3.42. The molecule has 1 atom stereocenters. The molecule has 0 radical (unpaired) electrons. The highest BCUT2D eigenvalue weighted by Gasteiger charge is 2.28. The van der Waals surface area contributed by atoms with Gasteiger partial charge < -0.3 is 9.47 Å². The van der Waals surface area contributed by atoms with Crippen LogP contribution in [0.25, 0.3) is 10.2 Å². The number of ether oxygens (including phenoxy) is 2. The Balaban J connectivity index is 1.74. The first kappa shape index (κ1) is 20.2. The quantitative estimate of drug-likeness (QED) is 0.429. The van der Waals surface area contributed by atoms with Crippen molar-refractivity contribution in [2.75, 3.05) is 25.2 Å². The highest BCUT2D eigenvalue weighted by atomic mass is 32.1. The summed E-state index contributed by atoms with van der Waals surface area (Å²) in [4.78, 5) is 30.1. The fraction of sp³-hybridized carbons (Fsp3) is 0.333. The summed E-state index contributed by atoms with van der Waals surface area (Å²) in [5, 5.41) is 11.5. The molecule has 8 nitrogen and oxygen atoms in total. The molecule has 0 N–H and O–H groups in total. The zero-order valence-corrected chi connectivity index (χ0v) is 17.5. The summed E-state index contributed by atoms with van der Waals surface area (Å²) in [5.74, 6) is 0.383. The SMILES string of the molecule is COc1ccc(C)c2sc(N(CC3CCCO3)C(=O)c3ccc([N+](=O)[O-])cc3)nc12. The summed E-state index contributed by atoms with van der Waals surface area (Å²) in [7, 11) is 1.59. The van der Waals surface area contributed by atoms with Crippen molar-refractivity contribution in [1.82, 2.24) is 4.98 Å². The monoisotopic (exact) mass is 427 g/mol. The van der Waals surface area contributed by atoms with Crippen molar-refractivity contribution in [2.24, 2.45) is 0 Å². The summed E-state index contributed by atoms with van der Waals surface area (Å²) >= 11 is 1.43. The number of fused-ring (bicyclic) bond motifs is 1. The number of aromatic nitrogens is 1. The molecule has 1 amide bonds. The van der Waals surface area contributed by atoms with Gasteiger partial charge in [0.2, 0.25) is 0 Å². The number of hydrogen-bond acceptors (Lipinski definition) is 7. The van der Waals surface area contributed by atoms with E-state index in [1.165, 1.54) is 35.6 Å². The third-order valence-electron chi connectivity index (χ3n) is 5.12. The molecule has 1 unspecified atom stereocenters. The number of nitrogens with zero attached hydrogens (tertiary/aromatic N) is 3. The summed E-state index contributed by atoms with van der Waals surface area (Å²) < 4.78 is 12.2. The van der Waals surface area contributed by atoms with Crippen LogP contribution < -0.4 is 9.64 Å². The minimum absolute atomic E-state index is 0.0578. The van der Waals surface area contributed by atoms with Gasteiger partial charge in [-0.05, 0) is 43.5 Å². The van der Waals surface area contributed by atoms with Crippen LogP contribution >= 0.6 is 11.3 Å². The van der Waals surface area contributed by atoms with Gasteiger partial charge in [-0.1, -0.05) is 17.4 Å². The third-order valence-corrected chi connectivity index (χ3v) is 6.34. The number of benzene rings is 2. The first-order valence-corrected chi connectivity index (χ1v) is 10.4. The molecule has 1 aliphatic heterocycles. The number of aryl methyl sites for hydroxylation is 1. The van der Waals surface area contributed by atoms with Crippen LogP contribution in [-0.2, 0) is 4.74 Å². The molecule has 2 aromatic carbocycles. The Bertz CT molecular complexity index is 1090. The maximum absolute atomic E-state index is 13.4.